The van der Waals surface area contributed by atoms with Gasteiger partial charge in [-0.3, -0.25) is 0 Å². The molecule has 0 atom stereocenters. The Morgan fingerprint density at radius 1 is 1.10 bits per heavy atom. The highest BCUT2D eigenvalue weighted by atomic mass is 19.4. The zero-order valence-corrected chi connectivity index (χ0v) is 11.9. The molecule has 0 radical (unpaired) electrons. The fourth-order valence-corrected chi connectivity index (χ4v) is 1.70. The quantitative estimate of drug-likeness (QED) is 0.713. The van der Waals surface area contributed by atoms with Crippen LogP contribution in [0.5, 0.6) is 5.75 Å². The second-order valence-corrected chi connectivity index (χ2v) is 4.33. The van der Waals surface area contributed by atoms with Crippen LogP contribution >= 0.6 is 0 Å². The molecule has 0 unspecified atom stereocenters. The molecule has 4 nitrogen and oxygen atoms in total. The summed E-state index contributed by atoms with van der Waals surface area (Å²) in [6.45, 7) is 1.72. The monoisotopic (exact) mass is 307 g/mol. The van der Waals surface area contributed by atoms with Crippen LogP contribution in [0.1, 0.15) is 17.5 Å². The molecule has 2 N–H and O–H groups in total. The van der Waals surface area contributed by atoms with Gasteiger partial charge in [-0.15, -0.1) is 0 Å². The average Bonchev–Trinajstić information content (AvgIpc) is 2.45. The molecule has 1 aromatic carbocycles. The number of halogens is 3. The summed E-state index contributed by atoms with van der Waals surface area (Å²) in [5, 5.41) is 0. The van der Waals surface area contributed by atoms with E-state index in [1.807, 2.05) is 0 Å². The topological polar surface area (TPSA) is 53.7 Å². The van der Waals surface area contributed by atoms with E-state index in [2.05, 4.69) is 0 Å². The van der Waals surface area contributed by atoms with Gasteiger partial charge in [-0.05, 0) is 23.8 Å². The maximum absolute atomic E-state index is 12.7. The Kier molecular flexibility index (Phi) is 7.49. The summed E-state index contributed by atoms with van der Waals surface area (Å²) < 4.78 is 53.6. The molecule has 0 heterocycles. The Morgan fingerprint density at radius 2 is 1.86 bits per heavy atom. The van der Waals surface area contributed by atoms with Gasteiger partial charge in [0.1, 0.15) is 5.75 Å². The molecule has 0 aliphatic carbocycles. The van der Waals surface area contributed by atoms with Crippen LogP contribution in [-0.2, 0) is 22.2 Å². The third kappa shape index (κ3) is 6.33. The first-order valence-electron chi connectivity index (χ1n) is 6.58. The minimum atomic E-state index is -4.40. The van der Waals surface area contributed by atoms with Gasteiger partial charge in [-0.1, -0.05) is 0 Å². The molecule has 21 heavy (non-hydrogen) atoms. The SMILES string of the molecule is COCCOCCCOc1ccc(C(F)(F)F)c(CN)c1. The normalized spacial score (nSPS) is 11.7. The lowest BCUT2D eigenvalue weighted by Crippen LogP contribution is -2.12. The number of alkyl halides is 3. The van der Waals surface area contributed by atoms with Gasteiger partial charge in [0.25, 0.3) is 0 Å². The fraction of sp³-hybridized carbons (Fsp3) is 0.571. The van der Waals surface area contributed by atoms with Crippen LogP contribution in [-0.4, -0.2) is 33.5 Å². The highest BCUT2D eigenvalue weighted by Crippen LogP contribution is 2.33. The number of hydrogen-bond donors (Lipinski definition) is 1. The van der Waals surface area contributed by atoms with E-state index < -0.39 is 11.7 Å². The van der Waals surface area contributed by atoms with Crippen molar-refractivity contribution < 1.29 is 27.4 Å². The van der Waals surface area contributed by atoms with Gasteiger partial charge in [0.15, 0.2) is 0 Å². The molecule has 120 valence electrons. The van der Waals surface area contributed by atoms with Crippen LogP contribution < -0.4 is 10.5 Å². The number of hydrogen-bond acceptors (Lipinski definition) is 4. The first kappa shape index (κ1) is 17.7. The lowest BCUT2D eigenvalue weighted by molar-refractivity contribution is -0.138. The van der Waals surface area contributed by atoms with Gasteiger partial charge in [-0.2, -0.15) is 13.2 Å². The van der Waals surface area contributed by atoms with Gasteiger partial charge in [0.2, 0.25) is 0 Å². The van der Waals surface area contributed by atoms with Crippen molar-refractivity contribution in [2.24, 2.45) is 5.73 Å². The molecule has 0 aromatic heterocycles. The smallest absolute Gasteiger partial charge is 0.416 e. The predicted molar refractivity (Wildman–Crippen MR) is 72.1 cm³/mol. The average molecular weight is 307 g/mol. The van der Waals surface area contributed by atoms with Gasteiger partial charge in [0, 0.05) is 26.7 Å². The minimum Gasteiger partial charge on any atom is -0.493 e. The summed E-state index contributed by atoms with van der Waals surface area (Å²) in [4.78, 5) is 0. The van der Waals surface area contributed by atoms with Crippen LogP contribution in [0, 0.1) is 0 Å². The van der Waals surface area contributed by atoms with E-state index in [1.54, 1.807) is 7.11 Å². The zero-order valence-electron chi connectivity index (χ0n) is 11.9. The Hall–Kier alpha value is -1.31. The third-order valence-corrected chi connectivity index (χ3v) is 2.74. The summed E-state index contributed by atoms with van der Waals surface area (Å²) in [7, 11) is 1.59. The van der Waals surface area contributed by atoms with E-state index in [-0.39, 0.29) is 12.1 Å². The minimum absolute atomic E-state index is 0.0244. The number of rotatable bonds is 9. The molecule has 0 saturated heterocycles. The summed E-state index contributed by atoms with van der Waals surface area (Å²) in [6.07, 6.45) is -3.76. The maximum Gasteiger partial charge on any atom is 0.416 e. The lowest BCUT2D eigenvalue weighted by atomic mass is 10.1. The molecule has 0 fully saturated rings. The summed E-state index contributed by atoms with van der Waals surface area (Å²) in [6, 6.07) is 3.62. The van der Waals surface area contributed by atoms with E-state index in [1.165, 1.54) is 12.1 Å². The van der Waals surface area contributed by atoms with Crippen molar-refractivity contribution in [2.45, 2.75) is 19.1 Å². The van der Waals surface area contributed by atoms with Crippen LogP contribution in [0.25, 0.3) is 0 Å². The maximum atomic E-state index is 12.7. The summed E-state index contributed by atoms with van der Waals surface area (Å²) in [5.74, 6) is 0.375. The molecule has 0 aliphatic rings. The summed E-state index contributed by atoms with van der Waals surface area (Å²) in [5.41, 5.74) is 4.65. The van der Waals surface area contributed by atoms with Gasteiger partial charge in [0.05, 0.1) is 25.4 Å². The van der Waals surface area contributed by atoms with Gasteiger partial charge < -0.3 is 19.9 Å². The molecular formula is C14H20F3NO3. The first-order chi connectivity index (χ1) is 9.99. The molecule has 1 rings (SSSR count). The Bertz CT molecular complexity index is 424. The predicted octanol–water partition coefficient (Wildman–Crippen LogP) is 2.60. The van der Waals surface area contributed by atoms with Crippen molar-refractivity contribution in [3.63, 3.8) is 0 Å². The number of nitrogens with two attached hydrogens (primary N) is 1. The van der Waals surface area contributed by atoms with Crippen molar-refractivity contribution in [1.29, 1.82) is 0 Å². The van der Waals surface area contributed by atoms with E-state index in [9.17, 15) is 13.2 Å². The lowest BCUT2D eigenvalue weighted by Gasteiger charge is -2.14. The Balaban J connectivity index is 2.43. The Labute approximate surface area is 122 Å². The molecule has 1 aromatic rings. The number of benzene rings is 1. The second kappa shape index (κ2) is 8.86. The molecular weight excluding hydrogens is 287 g/mol. The van der Waals surface area contributed by atoms with Crippen molar-refractivity contribution in [2.75, 3.05) is 33.5 Å². The van der Waals surface area contributed by atoms with Crippen molar-refractivity contribution in [1.82, 2.24) is 0 Å². The van der Waals surface area contributed by atoms with Crippen molar-refractivity contribution in [3.05, 3.63) is 29.3 Å². The summed E-state index contributed by atoms with van der Waals surface area (Å²) >= 11 is 0. The zero-order chi connectivity index (χ0) is 15.7. The molecule has 0 amide bonds. The van der Waals surface area contributed by atoms with Crippen LogP contribution in [0.15, 0.2) is 18.2 Å². The van der Waals surface area contributed by atoms with Crippen molar-refractivity contribution >= 4 is 0 Å². The van der Waals surface area contributed by atoms with Crippen LogP contribution in [0.4, 0.5) is 13.2 Å². The third-order valence-electron chi connectivity index (χ3n) is 2.74. The van der Waals surface area contributed by atoms with E-state index in [0.717, 1.165) is 6.07 Å². The fourth-order valence-electron chi connectivity index (χ4n) is 1.70. The van der Waals surface area contributed by atoms with E-state index in [0.29, 0.717) is 38.6 Å². The number of methoxy groups -OCH3 is 1. The standard InChI is InChI=1S/C14H20F3NO3/c1-19-7-8-20-5-2-6-21-12-3-4-13(14(15,16)17)11(9-12)10-18/h3-4,9H,2,5-8,10,18H2,1H3. The van der Waals surface area contributed by atoms with E-state index in [4.69, 9.17) is 19.9 Å². The first-order valence-corrected chi connectivity index (χ1v) is 6.58. The molecule has 0 spiro atoms. The Morgan fingerprint density at radius 3 is 2.48 bits per heavy atom. The molecule has 0 saturated carbocycles. The van der Waals surface area contributed by atoms with E-state index >= 15 is 0 Å². The highest BCUT2D eigenvalue weighted by Gasteiger charge is 2.32. The molecule has 7 heteroatoms. The van der Waals surface area contributed by atoms with Gasteiger partial charge in [-0.25, -0.2) is 0 Å². The molecule has 0 bridgehead atoms. The largest absolute Gasteiger partial charge is 0.493 e. The molecule has 0 aliphatic heterocycles. The van der Waals surface area contributed by atoms with Gasteiger partial charge >= 0.3 is 6.18 Å². The second-order valence-electron chi connectivity index (χ2n) is 4.33. The van der Waals surface area contributed by atoms with Crippen LogP contribution in [0.2, 0.25) is 0 Å². The van der Waals surface area contributed by atoms with Crippen LogP contribution in [0.3, 0.4) is 0 Å². The number of ether oxygens (including phenoxy) is 3. The highest BCUT2D eigenvalue weighted by molar-refractivity contribution is 5.37. The van der Waals surface area contributed by atoms with Crippen molar-refractivity contribution in [3.8, 4) is 5.75 Å².